The van der Waals surface area contributed by atoms with Crippen LogP contribution in [0.4, 0.5) is 5.69 Å². The van der Waals surface area contributed by atoms with Crippen molar-refractivity contribution in [3.8, 4) is 0 Å². The molecular formula is C9H13N3O. The smallest absolute Gasteiger partial charge is 0.241 e. The second-order valence-electron chi connectivity index (χ2n) is 2.91. The summed E-state index contributed by atoms with van der Waals surface area (Å²) in [7, 11) is 0. The Morgan fingerprint density at radius 3 is 2.92 bits per heavy atom. The molecule has 0 fully saturated rings. The molecule has 0 aliphatic rings. The number of carbonyl (C=O) groups excluding carboxylic acids is 1. The number of amides is 1. The Labute approximate surface area is 77.2 Å². The molecule has 0 saturated carbocycles. The van der Waals surface area contributed by atoms with Crippen molar-refractivity contribution in [3.63, 3.8) is 0 Å². The van der Waals surface area contributed by atoms with Gasteiger partial charge in [-0.2, -0.15) is 0 Å². The maximum Gasteiger partial charge on any atom is 0.241 e. The van der Waals surface area contributed by atoms with Gasteiger partial charge in [0.2, 0.25) is 5.91 Å². The Balaban J connectivity index is 2.75. The van der Waals surface area contributed by atoms with Gasteiger partial charge < -0.3 is 11.1 Å². The number of anilines is 1. The number of hydrogen-bond donors (Lipinski definition) is 2. The Morgan fingerprint density at radius 1 is 1.69 bits per heavy atom. The maximum absolute atomic E-state index is 11.2. The first-order valence-corrected chi connectivity index (χ1v) is 4.09. The quantitative estimate of drug-likeness (QED) is 0.701. The lowest BCUT2D eigenvalue weighted by atomic mass is 10.3. The fraction of sp³-hybridized carbons (Fsp3) is 0.333. The van der Waals surface area contributed by atoms with Crippen LogP contribution in [-0.2, 0) is 4.79 Å². The molecule has 1 amide bonds. The van der Waals surface area contributed by atoms with Crippen LogP contribution in [0.25, 0.3) is 0 Å². The lowest BCUT2D eigenvalue weighted by Gasteiger charge is -2.08. The van der Waals surface area contributed by atoms with Crippen molar-refractivity contribution in [3.05, 3.63) is 24.0 Å². The number of rotatable bonds is 2. The zero-order valence-electron chi connectivity index (χ0n) is 7.74. The van der Waals surface area contributed by atoms with Crippen molar-refractivity contribution in [1.82, 2.24) is 4.98 Å². The van der Waals surface area contributed by atoms with Gasteiger partial charge in [-0.25, -0.2) is 0 Å². The van der Waals surface area contributed by atoms with Gasteiger partial charge in [0.25, 0.3) is 0 Å². The Morgan fingerprint density at radius 2 is 2.38 bits per heavy atom. The first kappa shape index (κ1) is 9.67. The van der Waals surface area contributed by atoms with Crippen LogP contribution in [0, 0.1) is 6.92 Å². The van der Waals surface area contributed by atoms with Crippen molar-refractivity contribution < 1.29 is 4.79 Å². The molecule has 70 valence electrons. The molecule has 0 radical (unpaired) electrons. The van der Waals surface area contributed by atoms with Crippen molar-refractivity contribution >= 4 is 11.6 Å². The second kappa shape index (κ2) is 4.00. The molecule has 0 saturated heterocycles. The summed E-state index contributed by atoms with van der Waals surface area (Å²) in [6.07, 6.45) is 1.68. The van der Waals surface area contributed by atoms with Crippen LogP contribution in [-0.4, -0.2) is 16.9 Å². The Kier molecular flexibility index (Phi) is 2.97. The van der Waals surface area contributed by atoms with Crippen molar-refractivity contribution in [2.75, 3.05) is 5.32 Å². The van der Waals surface area contributed by atoms with Crippen LogP contribution in [0.15, 0.2) is 18.3 Å². The van der Waals surface area contributed by atoms with E-state index in [-0.39, 0.29) is 5.91 Å². The summed E-state index contributed by atoms with van der Waals surface area (Å²) >= 11 is 0. The molecule has 4 nitrogen and oxygen atoms in total. The molecule has 0 bridgehead atoms. The molecule has 0 aromatic carbocycles. The highest BCUT2D eigenvalue weighted by Crippen LogP contribution is 2.09. The minimum atomic E-state index is -0.500. The van der Waals surface area contributed by atoms with Crippen molar-refractivity contribution in [2.45, 2.75) is 19.9 Å². The van der Waals surface area contributed by atoms with Crippen LogP contribution in [0.2, 0.25) is 0 Å². The molecular weight excluding hydrogens is 166 g/mol. The summed E-state index contributed by atoms with van der Waals surface area (Å²) in [4.78, 5) is 15.2. The average molecular weight is 179 g/mol. The SMILES string of the molecule is Cc1ncccc1NC(=O)C(C)N. The van der Waals surface area contributed by atoms with Gasteiger partial charge in [-0.05, 0) is 26.0 Å². The number of hydrogen-bond acceptors (Lipinski definition) is 3. The zero-order chi connectivity index (χ0) is 9.84. The van der Waals surface area contributed by atoms with E-state index in [1.165, 1.54) is 0 Å². The topological polar surface area (TPSA) is 68.0 Å². The van der Waals surface area contributed by atoms with Crippen LogP contribution in [0.1, 0.15) is 12.6 Å². The summed E-state index contributed by atoms with van der Waals surface area (Å²) in [5.74, 6) is -0.198. The molecule has 0 aliphatic heterocycles. The Hall–Kier alpha value is -1.42. The summed E-state index contributed by atoms with van der Waals surface area (Å²) in [5.41, 5.74) is 6.90. The number of nitrogens with one attached hydrogen (secondary N) is 1. The molecule has 4 heteroatoms. The van der Waals surface area contributed by atoms with Gasteiger partial charge in [0.15, 0.2) is 0 Å². The maximum atomic E-state index is 11.2. The van der Waals surface area contributed by atoms with E-state index < -0.39 is 6.04 Å². The minimum absolute atomic E-state index is 0.198. The number of nitrogens with two attached hydrogens (primary N) is 1. The predicted octanol–water partition coefficient (Wildman–Crippen LogP) is 0.676. The van der Waals surface area contributed by atoms with E-state index in [0.29, 0.717) is 5.69 Å². The van der Waals surface area contributed by atoms with Crippen LogP contribution in [0.5, 0.6) is 0 Å². The second-order valence-corrected chi connectivity index (χ2v) is 2.91. The van der Waals surface area contributed by atoms with E-state index in [9.17, 15) is 4.79 Å². The lowest BCUT2D eigenvalue weighted by Crippen LogP contribution is -2.32. The highest BCUT2D eigenvalue weighted by Gasteiger charge is 2.08. The van der Waals surface area contributed by atoms with Crippen LogP contribution < -0.4 is 11.1 Å². The summed E-state index contributed by atoms with van der Waals surface area (Å²) < 4.78 is 0. The molecule has 1 rings (SSSR count). The molecule has 1 heterocycles. The number of carbonyl (C=O) groups is 1. The summed E-state index contributed by atoms with van der Waals surface area (Å²) in [5, 5.41) is 2.68. The number of pyridine rings is 1. The highest BCUT2D eigenvalue weighted by molar-refractivity contribution is 5.94. The van der Waals surface area contributed by atoms with Gasteiger partial charge >= 0.3 is 0 Å². The monoisotopic (exact) mass is 179 g/mol. The molecule has 13 heavy (non-hydrogen) atoms. The van der Waals surface area contributed by atoms with Crippen molar-refractivity contribution in [2.24, 2.45) is 5.73 Å². The van der Waals surface area contributed by atoms with E-state index in [2.05, 4.69) is 10.3 Å². The van der Waals surface area contributed by atoms with Crippen molar-refractivity contribution in [1.29, 1.82) is 0 Å². The number of aryl methyl sites for hydroxylation is 1. The standard InChI is InChI=1S/C9H13N3O/c1-6(10)9(13)12-8-4-3-5-11-7(8)2/h3-6H,10H2,1-2H3,(H,12,13). The lowest BCUT2D eigenvalue weighted by molar-refractivity contribution is -0.117. The highest BCUT2D eigenvalue weighted by atomic mass is 16.2. The van der Waals surface area contributed by atoms with Crippen LogP contribution in [0.3, 0.4) is 0 Å². The van der Waals surface area contributed by atoms with Gasteiger partial charge in [0.1, 0.15) is 0 Å². The van der Waals surface area contributed by atoms with E-state index in [0.717, 1.165) is 5.69 Å². The third kappa shape index (κ3) is 2.52. The fourth-order valence-corrected chi connectivity index (χ4v) is 0.863. The van der Waals surface area contributed by atoms with Gasteiger partial charge in [-0.15, -0.1) is 0 Å². The van der Waals surface area contributed by atoms with E-state index in [1.807, 2.05) is 6.92 Å². The third-order valence-corrected chi connectivity index (χ3v) is 1.68. The van der Waals surface area contributed by atoms with Gasteiger partial charge in [-0.1, -0.05) is 0 Å². The molecule has 0 aliphatic carbocycles. The first-order valence-electron chi connectivity index (χ1n) is 4.09. The minimum Gasteiger partial charge on any atom is -0.323 e. The largest absolute Gasteiger partial charge is 0.323 e. The molecule has 1 aromatic heterocycles. The predicted molar refractivity (Wildman–Crippen MR) is 51.3 cm³/mol. The molecule has 0 spiro atoms. The molecule has 1 unspecified atom stereocenters. The number of aromatic nitrogens is 1. The summed E-state index contributed by atoms with van der Waals surface area (Å²) in [6.45, 7) is 3.47. The van der Waals surface area contributed by atoms with Gasteiger partial charge in [0, 0.05) is 6.20 Å². The first-order chi connectivity index (χ1) is 6.11. The summed E-state index contributed by atoms with van der Waals surface area (Å²) in [6, 6.07) is 3.06. The van der Waals surface area contributed by atoms with E-state index in [4.69, 9.17) is 5.73 Å². The van der Waals surface area contributed by atoms with Gasteiger partial charge in [0.05, 0.1) is 17.4 Å². The molecule has 1 atom stereocenters. The van der Waals surface area contributed by atoms with Gasteiger partial charge in [-0.3, -0.25) is 9.78 Å². The number of nitrogens with zero attached hydrogens (tertiary/aromatic N) is 1. The van der Waals surface area contributed by atoms with E-state index >= 15 is 0 Å². The zero-order valence-corrected chi connectivity index (χ0v) is 7.74. The third-order valence-electron chi connectivity index (χ3n) is 1.68. The van der Waals surface area contributed by atoms with E-state index in [1.54, 1.807) is 25.3 Å². The average Bonchev–Trinajstić information content (AvgIpc) is 2.08. The fourth-order valence-electron chi connectivity index (χ4n) is 0.863. The Bertz CT molecular complexity index is 309. The molecule has 3 N–H and O–H groups in total. The normalized spacial score (nSPS) is 12.2. The molecule has 1 aromatic rings. The van der Waals surface area contributed by atoms with Crippen LogP contribution >= 0.6 is 0 Å².